The molecule has 4 nitrogen and oxygen atoms in total. The molecule has 0 fully saturated rings. The second kappa shape index (κ2) is 8.22. The molecular weight excluding hydrogens is 452 g/mol. The first-order valence-electron chi connectivity index (χ1n) is 11.4. The fourth-order valence-corrected chi connectivity index (χ4v) is 6.20. The standard InChI is InChI=1S/C30H22N2O2S/c1-21-16-18-24(19-17-21)35(33,34)32-26-15-9-8-14-25(26)29-27(32)20-31-30(23-12-6-3-7-13-23)28(29)22-10-4-2-5-11-22/h2-20H,1H3. The van der Waals surface area contributed by atoms with Gasteiger partial charge in [0, 0.05) is 21.9 Å². The molecule has 6 rings (SSSR count). The van der Waals surface area contributed by atoms with E-state index in [-0.39, 0.29) is 4.90 Å². The van der Waals surface area contributed by atoms with E-state index in [1.807, 2.05) is 104 Å². The lowest BCUT2D eigenvalue weighted by atomic mass is 9.95. The van der Waals surface area contributed by atoms with E-state index >= 15 is 0 Å². The van der Waals surface area contributed by atoms with Crippen LogP contribution >= 0.6 is 0 Å². The number of para-hydroxylation sites is 1. The van der Waals surface area contributed by atoms with Crippen LogP contribution in [-0.4, -0.2) is 17.4 Å². The summed E-state index contributed by atoms with van der Waals surface area (Å²) in [7, 11) is -3.87. The average molecular weight is 475 g/mol. The molecular formula is C30H22N2O2S. The van der Waals surface area contributed by atoms with Crippen LogP contribution in [0.5, 0.6) is 0 Å². The van der Waals surface area contributed by atoms with Crippen molar-refractivity contribution in [1.29, 1.82) is 0 Å². The van der Waals surface area contributed by atoms with E-state index < -0.39 is 10.0 Å². The predicted octanol–water partition coefficient (Wildman–Crippen LogP) is 7.07. The molecule has 0 atom stereocenters. The third kappa shape index (κ3) is 3.44. The van der Waals surface area contributed by atoms with Crippen LogP contribution in [0.3, 0.4) is 0 Å². The maximum Gasteiger partial charge on any atom is 0.268 e. The Balaban J connectivity index is 1.78. The Morgan fingerprint density at radius 2 is 1.26 bits per heavy atom. The van der Waals surface area contributed by atoms with E-state index in [0.717, 1.165) is 38.7 Å². The molecule has 0 N–H and O–H groups in total. The van der Waals surface area contributed by atoms with E-state index in [0.29, 0.717) is 11.0 Å². The Hall–Kier alpha value is -4.22. The number of rotatable bonds is 4. The van der Waals surface area contributed by atoms with Crippen LogP contribution in [0.1, 0.15) is 5.56 Å². The van der Waals surface area contributed by atoms with Gasteiger partial charge >= 0.3 is 0 Å². The maximum absolute atomic E-state index is 14.0. The van der Waals surface area contributed by atoms with Gasteiger partial charge in [0.25, 0.3) is 10.0 Å². The molecule has 4 aromatic carbocycles. The van der Waals surface area contributed by atoms with Crippen molar-refractivity contribution in [2.75, 3.05) is 0 Å². The third-order valence-corrected chi connectivity index (χ3v) is 8.08. The van der Waals surface area contributed by atoms with E-state index in [9.17, 15) is 8.42 Å². The van der Waals surface area contributed by atoms with Gasteiger partial charge in [-0.15, -0.1) is 0 Å². The Morgan fingerprint density at radius 1 is 0.657 bits per heavy atom. The monoisotopic (exact) mass is 474 g/mol. The van der Waals surface area contributed by atoms with Crippen molar-refractivity contribution >= 4 is 31.8 Å². The van der Waals surface area contributed by atoms with Crippen molar-refractivity contribution in [3.63, 3.8) is 0 Å². The number of benzene rings is 4. The molecule has 2 aromatic heterocycles. The first-order chi connectivity index (χ1) is 17.1. The SMILES string of the molecule is Cc1ccc(S(=O)(=O)n2c3ccccc3c3c(-c4ccccc4)c(-c4ccccc4)ncc32)cc1. The van der Waals surface area contributed by atoms with Crippen LogP contribution in [0.2, 0.25) is 0 Å². The smallest absolute Gasteiger partial charge is 0.253 e. The lowest BCUT2D eigenvalue weighted by molar-refractivity contribution is 0.590. The number of pyridine rings is 1. The van der Waals surface area contributed by atoms with Crippen molar-refractivity contribution in [2.45, 2.75) is 11.8 Å². The minimum Gasteiger partial charge on any atom is -0.253 e. The average Bonchev–Trinajstić information content (AvgIpc) is 3.25. The lowest BCUT2D eigenvalue weighted by Crippen LogP contribution is -2.13. The van der Waals surface area contributed by atoms with Crippen molar-refractivity contribution in [3.05, 3.63) is 121 Å². The number of hydrogen-bond acceptors (Lipinski definition) is 3. The summed E-state index contributed by atoms with van der Waals surface area (Å²) in [6.07, 6.45) is 1.69. The van der Waals surface area contributed by atoms with Gasteiger partial charge in [-0.05, 0) is 30.7 Å². The summed E-state index contributed by atoms with van der Waals surface area (Å²) in [4.78, 5) is 5.09. The Bertz CT molecular complexity index is 1790. The Kier molecular flexibility index (Phi) is 5.01. The van der Waals surface area contributed by atoms with Gasteiger partial charge in [-0.3, -0.25) is 4.98 Å². The normalized spacial score (nSPS) is 11.8. The molecule has 35 heavy (non-hydrogen) atoms. The number of hydrogen-bond donors (Lipinski definition) is 0. The van der Waals surface area contributed by atoms with E-state index in [1.165, 1.54) is 3.97 Å². The molecule has 0 saturated carbocycles. The number of nitrogens with zero attached hydrogens (tertiary/aromatic N) is 2. The zero-order valence-corrected chi connectivity index (χ0v) is 19.9. The summed E-state index contributed by atoms with van der Waals surface area (Å²) in [6.45, 7) is 1.94. The molecule has 0 aliphatic carbocycles. The van der Waals surface area contributed by atoms with Crippen LogP contribution in [0.4, 0.5) is 0 Å². The topological polar surface area (TPSA) is 52.0 Å². The molecule has 0 spiro atoms. The van der Waals surface area contributed by atoms with E-state index in [4.69, 9.17) is 4.98 Å². The molecule has 6 aromatic rings. The van der Waals surface area contributed by atoms with Crippen LogP contribution in [-0.2, 0) is 10.0 Å². The highest BCUT2D eigenvalue weighted by Gasteiger charge is 2.26. The maximum atomic E-state index is 14.0. The predicted molar refractivity (Wildman–Crippen MR) is 142 cm³/mol. The van der Waals surface area contributed by atoms with Gasteiger partial charge in [0.1, 0.15) is 0 Å². The second-order valence-corrected chi connectivity index (χ2v) is 10.4. The molecule has 5 heteroatoms. The first kappa shape index (κ1) is 21.3. The van der Waals surface area contributed by atoms with Gasteiger partial charge in [-0.25, -0.2) is 12.4 Å². The highest BCUT2D eigenvalue weighted by Crippen LogP contribution is 2.42. The van der Waals surface area contributed by atoms with Crippen LogP contribution in [0.25, 0.3) is 44.2 Å². The van der Waals surface area contributed by atoms with Gasteiger partial charge in [-0.1, -0.05) is 96.6 Å². The second-order valence-electron chi connectivity index (χ2n) is 8.57. The number of aromatic nitrogens is 2. The van der Waals surface area contributed by atoms with Gasteiger partial charge in [0.2, 0.25) is 0 Å². The molecule has 0 amide bonds. The largest absolute Gasteiger partial charge is 0.268 e. The summed E-state index contributed by atoms with van der Waals surface area (Å²) >= 11 is 0. The van der Waals surface area contributed by atoms with Crippen molar-refractivity contribution in [1.82, 2.24) is 8.96 Å². The van der Waals surface area contributed by atoms with Crippen LogP contribution < -0.4 is 0 Å². The van der Waals surface area contributed by atoms with Crippen LogP contribution in [0.15, 0.2) is 120 Å². The minimum absolute atomic E-state index is 0.249. The zero-order chi connectivity index (χ0) is 24.0. The Morgan fingerprint density at radius 3 is 1.94 bits per heavy atom. The van der Waals surface area contributed by atoms with Crippen molar-refractivity contribution in [3.8, 4) is 22.4 Å². The summed E-state index contributed by atoms with van der Waals surface area (Å²) in [5.41, 5.74) is 5.90. The van der Waals surface area contributed by atoms with Crippen molar-refractivity contribution < 1.29 is 8.42 Å². The summed E-state index contributed by atoms with van der Waals surface area (Å²) in [5, 5.41) is 1.74. The lowest BCUT2D eigenvalue weighted by Gasteiger charge is -2.13. The highest BCUT2D eigenvalue weighted by atomic mass is 32.2. The number of aryl methyl sites for hydroxylation is 1. The van der Waals surface area contributed by atoms with Gasteiger partial charge in [0.15, 0.2) is 0 Å². The third-order valence-electron chi connectivity index (χ3n) is 6.34. The van der Waals surface area contributed by atoms with Gasteiger partial charge in [0.05, 0.1) is 27.8 Å². The fraction of sp³-hybridized carbons (Fsp3) is 0.0333. The molecule has 170 valence electrons. The summed E-state index contributed by atoms with van der Waals surface area (Å²) < 4.78 is 29.4. The molecule has 0 aliphatic rings. The Labute approximate surface area is 204 Å². The quantitative estimate of drug-likeness (QED) is 0.275. The van der Waals surface area contributed by atoms with Gasteiger partial charge < -0.3 is 0 Å². The van der Waals surface area contributed by atoms with Crippen LogP contribution in [0, 0.1) is 6.92 Å². The summed E-state index contributed by atoms with van der Waals surface area (Å²) in [6, 6.07) is 34.7. The van der Waals surface area contributed by atoms with Crippen molar-refractivity contribution in [2.24, 2.45) is 0 Å². The molecule has 0 aliphatic heterocycles. The van der Waals surface area contributed by atoms with Gasteiger partial charge in [-0.2, -0.15) is 0 Å². The number of fused-ring (bicyclic) bond motifs is 3. The molecule has 0 bridgehead atoms. The minimum atomic E-state index is -3.87. The van der Waals surface area contributed by atoms with E-state index in [2.05, 4.69) is 0 Å². The molecule has 0 unspecified atom stereocenters. The molecule has 2 heterocycles. The van der Waals surface area contributed by atoms with E-state index in [1.54, 1.807) is 18.3 Å². The molecule has 0 radical (unpaired) electrons. The molecule has 0 saturated heterocycles. The first-order valence-corrected chi connectivity index (χ1v) is 12.8. The fourth-order valence-electron chi connectivity index (χ4n) is 4.70. The highest BCUT2D eigenvalue weighted by molar-refractivity contribution is 7.90. The zero-order valence-electron chi connectivity index (χ0n) is 19.1. The summed E-state index contributed by atoms with van der Waals surface area (Å²) in [5.74, 6) is 0.